The highest BCUT2D eigenvalue weighted by Gasteiger charge is 2.68. The summed E-state index contributed by atoms with van der Waals surface area (Å²) >= 11 is 15.6. The van der Waals surface area contributed by atoms with Crippen LogP contribution in [0.2, 0.25) is 10.0 Å². The summed E-state index contributed by atoms with van der Waals surface area (Å²) in [6.07, 6.45) is 0.424. The summed E-state index contributed by atoms with van der Waals surface area (Å²) in [7, 11) is 0. The van der Waals surface area contributed by atoms with Gasteiger partial charge in [0.25, 0.3) is 5.91 Å². The van der Waals surface area contributed by atoms with Gasteiger partial charge in [0.15, 0.2) is 5.72 Å². The number of halogens is 3. The number of hydrogen-bond donors (Lipinski definition) is 1. The van der Waals surface area contributed by atoms with E-state index in [1.165, 1.54) is 23.1 Å². The molecule has 3 heterocycles. The van der Waals surface area contributed by atoms with Gasteiger partial charge in [-0.1, -0.05) is 51.3 Å². The molecule has 0 bridgehead atoms. The van der Waals surface area contributed by atoms with Crippen LogP contribution in [-0.2, 0) is 20.7 Å². The number of imide groups is 1. The van der Waals surface area contributed by atoms with E-state index in [0.29, 0.717) is 15.7 Å². The predicted molar refractivity (Wildman–Crippen MR) is 118 cm³/mol. The van der Waals surface area contributed by atoms with E-state index in [-0.39, 0.29) is 31.9 Å². The molecule has 3 saturated heterocycles. The predicted octanol–water partition coefficient (Wildman–Crippen LogP) is 3.75. The molecular weight excluding hydrogens is 509 g/mol. The minimum Gasteiger partial charge on any atom is -0.344 e. The lowest BCUT2D eigenvalue weighted by molar-refractivity contribution is -0.124. The van der Waals surface area contributed by atoms with E-state index in [1.54, 1.807) is 0 Å². The van der Waals surface area contributed by atoms with Crippen LogP contribution in [0, 0.1) is 0 Å². The Labute approximate surface area is 196 Å². The lowest BCUT2D eigenvalue weighted by Gasteiger charge is -2.28. The van der Waals surface area contributed by atoms with Crippen LogP contribution in [0.25, 0.3) is 0 Å². The number of carbonyl (C=O) groups excluding carboxylic acids is 3. The standard InChI is InChI=1S/C21H16BrCl2N3O4/c22-13-3-1-12(2-4-13)8-20-10-21(25-17(28)9-31-21)11-26(20)19(30)27(18(20)29)16-6-14(23)5-15(24)7-16/h1-7H,8-11H2,(H,25,28)/t20-,21-/m0/s1. The molecule has 2 aromatic carbocycles. The van der Waals surface area contributed by atoms with Crippen LogP contribution in [0.3, 0.4) is 0 Å². The van der Waals surface area contributed by atoms with Crippen LogP contribution < -0.4 is 10.2 Å². The molecule has 3 aliphatic rings. The fraction of sp³-hybridized carbons (Fsp3) is 0.286. The smallest absolute Gasteiger partial charge is 0.332 e. The van der Waals surface area contributed by atoms with E-state index in [4.69, 9.17) is 27.9 Å². The summed E-state index contributed by atoms with van der Waals surface area (Å²) < 4.78 is 6.64. The molecule has 10 heteroatoms. The second-order valence-corrected chi connectivity index (χ2v) is 9.77. The Balaban J connectivity index is 1.59. The van der Waals surface area contributed by atoms with Crippen LogP contribution in [-0.4, -0.2) is 47.2 Å². The number of amides is 4. The largest absolute Gasteiger partial charge is 0.344 e. The van der Waals surface area contributed by atoms with Crippen molar-refractivity contribution in [2.75, 3.05) is 18.1 Å². The number of ether oxygens (including phenoxy) is 1. The zero-order valence-electron chi connectivity index (χ0n) is 16.0. The molecule has 0 radical (unpaired) electrons. The van der Waals surface area contributed by atoms with Crippen molar-refractivity contribution in [2.45, 2.75) is 24.1 Å². The fourth-order valence-corrected chi connectivity index (χ4v) is 5.45. The summed E-state index contributed by atoms with van der Waals surface area (Å²) in [5, 5.41) is 3.45. The zero-order valence-corrected chi connectivity index (χ0v) is 19.1. The third-order valence-corrected chi connectivity index (χ3v) is 6.86. The Morgan fingerprint density at radius 3 is 2.35 bits per heavy atom. The molecule has 160 valence electrons. The molecule has 1 N–H and O–H groups in total. The van der Waals surface area contributed by atoms with Crippen molar-refractivity contribution in [3.8, 4) is 0 Å². The van der Waals surface area contributed by atoms with Crippen molar-refractivity contribution >= 4 is 62.7 Å². The van der Waals surface area contributed by atoms with Gasteiger partial charge >= 0.3 is 6.03 Å². The van der Waals surface area contributed by atoms with Gasteiger partial charge in [-0.2, -0.15) is 0 Å². The lowest BCUT2D eigenvalue weighted by atomic mass is 9.86. The van der Waals surface area contributed by atoms with E-state index in [2.05, 4.69) is 21.2 Å². The number of urea groups is 1. The van der Waals surface area contributed by atoms with Gasteiger partial charge in [-0.25, -0.2) is 9.69 Å². The van der Waals surface area contributed by atoms with E-state index >= 15 is 0 Å². The van der Waals surface area contributed by atoms with Gasteiger partial charge in [-0.15, -0.1) is 0 Å². The van der Waals surface area contributed by atoms with E-state index < -0.39 is 23.2 Å². The number of fused-ring (bicyclic) bond motifs is 1. The van der Waals surface area contributed by atoms with E-state index in [1.807, 2.05) is 24.3 Å². The maximum Gasteiger partial charge on any atom is 0.332 e. The SMILES string of the molecule is O=C1CO[C@@]2(CN3C(=O)N(c4cc(Cl)cc(Cl)c4)C(=O)[C@]3(Cc3ccc(Br)cc3)C2)N1. The molecule has 0 aliphatic carbocycles. The Kier molecular flexibility index (Phi) is 4.82. The van der Waals surface area contributed by atoms with Gasteiger partial charge in [0, 0.05) is 27.4 Å². The number of anilines is 1. The van der Waals surface area contributed by atoms with Gasteiger partial charge in [0.05, 0.1) is 12.2 Å². The minimum atomic E-state index is -1.21. The van der Waals surface area contributed by atoms with Gasteiger partial charge in [0.1, 0.15) is 12.1 Å². The van der Waals surface area contributed by atoms with Crippen LogP contribution in [0.4, 0.5) is 10.5 Å². The number of rotatable bonds is 3. The summed E-state index contributed by atoms with van der Waals surface area (Å²) in [6, 6.07) is 11.6. The number of carbonyl (C=O) groups is 3. The van der Waals surface area contributed by atoms with Crippen molar-refractivity contribution in [1.82, 2.24) is 10.2 Å². The Morgan fingerprint density at radius 2 is 1.74 bits per heavy atom. The molecule has 5 rings (SSSR count). The van der Waals surface area contributed by atoms with Gasteiger partial charge in [-0.3, -0.25) is 9.59 Å². The van der Waals surface area contributed by atoms with Crippen molar-refractivity contribution in [3.63, 3.8) is 0 Å². The van der Waals surface area contributed by atoms with Gasteiger partial charge < -0.3 is 15.0 Å². The third kappa shape index (κ3) is 3.33. The molecule has 3 aliphatic heterocycles. The first kappa shape index (κ1) is 20.8. The highest BCUT2D eigenvalue weighted by Crippen LogP contribution is 2.47. The van der Waals surface area contributed by atoms with Gasteiger partial charge in [0.2, 0.25) is 5.91 Å². The minimum absolute atomic E-state index is 0.0740. The van der Waals surface area contributed by atoms with Crippen molar-refractivity contribution < 1.29 is 19.1 Å². The molecular formula is C21H16BrCl2N3O4. The van der Waals surface area contributed by atoms with Crippen molar-refractivity contribution in [3.05, 3.63) is 62.5 Å². The highest BCUT2D eigenvalue weighted by atomic mass is 79.9. The normalized spacial score (nSPS) is 27.4. The number of nitrogens with one attached hydrogen (secondary N) is 1. The maximum atomic E-state index is 13.8. The Hall–Kier alpha value is -2.13. The molecule has 7 nitrogen and oxygen atoms in total. The van der Waals surface area contributed by atoms with Crippen LogP contribution in [0.15, 0.2) is 46.9 Å². The Morgan fingerprint density at radius 1 is 1.06 bits per heavy atom. The van der Waals surface area contributed by atoms with Crippen LogP contribution in [0.1, 0.15) is 12.0 Å². The van der Waals surface area contributed by atoms with E-state index in [9.17, 15) is 14.4 Å². The fourth-order valence-electron chi connectivity index (χ4n) is 4.67. The molecule has 2 aromatic rings. The number of nitrogens with zero attached hydrogens (tertiary/aromatic N) is 2. The summed E-state index contributed by atoms with van der Waals surface area (Å²) in [6.45, 7) is -0.0250. The highest BCUT2D eigenvalue weighted by molar-refractivity contribution is 9.10. The maximum absolute atomic E-state index is 13.8. The second kappa shape index (κ2) is 7.20. The molecule has 4 amide bonds. The first-order chi connectivity index (χ1) is 14.7. The molecule has 3 fully saturated rings. The Bertz CT molecular complexity index is 1110. The number of benzene rings is 2. The number of hydrogen-bond acceptors (Lipinski definition) is 4. The summed E-state index contributed by atoms with van der Waals surface area (Å²) in [5.41, 5.74) is -1.10. The first-order valence-corrected chi connectivity index (χ1v) is 11.1. The van der Waals surface area contributed by atoms with Crippen molar-refractivity contribution in [1.29, 1.82) is 0 Å². The average molecular weight is 525 g/mol. The van der Waals surface area contributed by atoms with Crippen molar-refractivity contribution in [2.24, 2.45) is 0 Å². The molecule has 0 unspecified atom stereocenters. The van der Waals surface area contributed by atoms with Gasteiger partial charge in [-0.05, 0) is 35.9 Å². The molecule has 0 aromatic heterocycles. The van der Waals surface area contributed by atoms with Crippen LogP contribution in [0.5, 0.6) is 0 Å². The second-order valence-electron chi connectivity index (χ2n) is 7.98. The molecule has 31 heavy (non-hydrogen) atoms. The summed E-state index contributed by atoms with van der Waals surface area (Å²) in [5.74, 6) is -0.668. The first-order valence-electron chi connectivity index (χ1n) is 9.53. The third-order valence-electron chi connectivity index (χ3n) is 5.89. The zero-order chi connectivity index (χ0) is 22.0. The topological polar surface area (TPSA) is 79.0 Å². The average Bonchev–Trinajstić information content (AvgIpc) is 3.28. The quantitative estimate of drug-likeness (QED) is 0.620. The summed E-state index contributed by atoms with van der Waals surface area (Å²) in [4.78, 5) is 41.8. The van der Waals surface area contributed by atoms with Crippen LogP contribution >= 0.6 is 39.1 Å². The molecule has 0 saturated carbocycles. The monoisotopic (exact) mass is 523 g/mol. The van der Waals surface area contributed by atoms with E-state index in [0.717, 1.165) is 14.9 Å². The molecule has 2 atom stereocenters. The molecule has 1 spiro atoms. The lowest BCUT2D eigenvalue weighted by Crippen LogP contribution is -2.49.